The van der Waals surface area contributed by atoms with Gasteiger partial charge in [0.2, 0.25) is 5.89 Å². The van der Waals surface area contributed by atoms with Gasteiger partial charge in [0.1, 0.15) is 0 Å². The third-order valence-electron chi connectivity index (χ3n) is 2.67. The van der Waals surface area contributed by atoms with Crippen LogP contribution in [0.25, 0.3) is 0 Å². The van der Waals surface area contributed by atoms with Gasteiger partial charge >= 0.3 is 0 Å². The molecule has 6 nitrogen and oxygen atoms in total. The van der Waals surface area contributed by atoms with E-state index in [1.165, 1.54) is 0 Å². The van der Waals surface area contributed by atoms with E-state index in [2.05, 4.69) is 10.1 Å². The Kier molecular flexibility index (Phi) is 3.25. The Bertz CT molecular complexity index is 454. The number of nitrogens with zero attached hydrogens (tertiary/aromatic N) is 2. The molecule has 0 spiro atoms. The molecule has 0 aliphatic carbocycles. The smallest absolute Gasteiger partial charge is 0.226 e. The molecular formula is C9H15N3O3S. The largest absolute Gasteiger partial charge is 0.339 e. The molecule has 1 fully saturated rings. The minimum absolute atomic E-state index is 0.121. The molecule has 2 N–H and O–H groups in total. The van der Waals surface area contributed by atoms with Crippen molar-refractivity contribution < 1.29 is 12.9 Å². The Morgan fingerprint density at radius 1 is 1.50 bits per heavy atom. The topological polar surface area (TPSA) is 99.1 Å². The summed E-state index contributed by atoms with van der Waals surface area (Å²) in [4.78, 5) is 4.16. The summed E-state index contributed by atoms with van der Waals surface area (Å²) in [6.45, 7) is 0.483. The highest BCUT2D eigenvalue weighted by molar-refractivity contribution is 7.91. The maximum Gasteiger partial charge on any atom is 0.226 e. The second kappa shape index (κ2) is 4.50. The van der Waals surface area contributed by atoms with Crippen LogP contribution < -0.4 is 5.73 Å². The average molecular weight is 245 g/mol. The van der Waals surface area contributed by atoms with Crippen LogP contribution in [0.2, 0.25) is 0 Å². The van der Waals surface area contributed by atoms with Crippen LogP contribution in [0, 0.1) is 5.92 Å². The van der Waals surface area contributed by atoms with E-state index in [1.54, 1.807) is 0 Å². The lowest BCUT2D eigenvalue weighted by atomic mass is 10.1. The Morgan fingerprint density at radius 3 is 2.94 bits per heavy atom. The van der Waals surface area contributed by atoms with Gasteiger partial charge in [-0.3, -0.25) is 0 Å². The molecule has 1 aromatic rings. The van der Waals surface area contributed by atoms with Crippen LogP contribution in [0.5, 0.6) is 0 Å². The molecule has 2 heterocycles. The Labute approximate surface area is 94.1 Å². The summed E-state index contributed by atoms with van der Waals surface area (Å²) in [6.07, 6.45) is 1.83. The van der Waals surface area contributed by atoms with Gasteiger partial charge in [0.25, 0.3) is 0 Å². The standard InChI is InChI=1S/C9H15N3O3S/c10-3-1-8-11-9(15-12-8)5-7-2-4-16(13,14)6-7/h7H,1-6,10H2. The fraction of sp³-hybridized carbons (Fsp3) is 0.778. The summed E-state index contributed by atoms with van der Waals surface area (Å²) >= 11 is 0. The Balaban J connectivity index is 1.94. The van der Waals surface area contributed by atoms with Crippen molar-refractivity contribution in [3.63, 3.8) is 0 Å². The van der Waals surface area contributed by atoms with Gasteiger partial charge < -0.3 is 10.3 Å². The van der Waals surface area contributed by atoms with Gasteiger partial charge in [-0.05, 0) is 18.9 Å². The van der Waals surface area contributed by atoms with Gasteiger partial charge in [-0.2, -0.15) is 4.98 Å². The van der Waals surface area contributed by atoms with Crippen molar-refractivity contribution in [1.82, 2.24) is 10.1 Å². The zero-order valence-electron chi connectivity index (χ0n) is 8.92. The van der Waals surface area contributed by atoms with Crippen molar-refractivity contribution in [3.8, 4) is 0 Å². The van der Waals surface area contributed by atoms with Crippen LogP contribution in [0.15, 0.2) is 4.52 Å². The highest BCUT2D eigenvalue weighted by Gasteiger charge is 2.29. The second-order valence-electron chi connectivity index (χ2n) is 4.12. The van der Waals surface area contributed by atoms with Crippen molar-refractivity contribution in [2.45, 2.75) is 19.3 Å². The molecule has 0 saturated carbocycles. The molecule has 0 amide bonds. The molecule has 1 aliphatic heterocycles. The zero-order valence-corrected chi connectivity index (χ0v) is 9.74. The number of sulfone groups is 1. The fourth-order valence-corrected chi connectivity index (χ4v) is 3.75. The van der Waals surface area contributed by atoms with E-state index in [0.29, 0.717) is 37.5 Å². The second-order valence-corrected chi connectivity index (χ2v) is 6.34. The Hall–Kier alpha value is -0.950. The molecular weight excluding hydrogens is 230 g/mol. The van der Waals surface area contributed by atoms with Crippen LogP contribution in [0.4, 0.5) is 0 Å². The first-order valence-electron chi connectivity index (χ1n) is 5.31. The van der Waals surface area contributed by atoms with E-state index in [9.17, 15) is 8.42 Å². The highest BCUT2D eigenvalue weighted by atomic mass is 32.2. The molecule has 1 saturated heterocycles. The normalized spacial score (nSPS) is 23.7. The lowest BCUT2D eigenvalue weighted by Crippen LogP contribution is -2.08. The summed E-state index contributed by atoms with van der Waals surface area (Å²) in [5.41, 5.74) is 5.37. The molecule has 0 radical (unpaired) electrons. The SMILES string of the molecule is NCCc1noc(CC2CCS(=O)(=O)C2)n1. The Morgan fingerprint density at radius 2 is 2.31 bits per heavy atom. The maximum atomic E-state index is 11.3. The third-order valence-corrected chi connectivity index (χ3v) is 4.51. The lowest BCUT2D eigenvalue weighted by molar-refractivity contribution is 0.355. The summed E-state index contributed by atoms with van der Waals surface area (Å²) in [5, 5.41) is 3.77. The number of aromatic nitrogens is 2. The van der Waals surface area contributed by atoms with E-state index < -0.39 is 9.84 Å². The van der Waals surface area contributed by atoms with Gasteiger partial charge in [0.15, 0.2) is 15.7 Å². The van der Waals surface area contributed by atoms with Gasteiger partial charge in [0.05, 0.1) is 11.5 Å². The molecule has 16 heavy (non-hydrogen) atoms. The van der Waals surface area contributed by atoms with Crippen LogP contribution in [0.3, 0.4) is 0 Å². The van der Waals surface area contributed by atoms with Crippen molar-refractivity contribution in [1.29, 1.82) is 0 Å². The fourth-order valence-electron chi connectivity index (χ4n) is 1.88. The molecule has 7 heteroatoms. The van der Waals surface area contributed by atoms with Crippen molar-refractivity contribution in [2.75, 3.05) is 18.1 Å². The molecule has 1 aromatic heterocycles. The number of rotatable bonds is 4. The summed E-state index contributed by atoms with van der Waals surface area (Å²) in [5.74, 6) is 1.75. The van der Waals surface area contributed by atoms with Gasteiger partial charge in [0, 0.05) is 12.8 Å². The lowest BCUT2D eigenvalue weighted by Gasteiger charge is -2.01. The third kappa shape index (κ3) is 2.79. The quantitative estimate of drug-likeness (QED) is 0.771. The summed E-state index contributed by atoms with van der Waals surface area (Å²) in [7, 11) is -2.83. The summed E-state index contributed by atoms with van der Waals surface area (Å²) in [6, 6.07) is 0. The minimum atomic E-state index is -2.83. The van der Waals surface area contributed by atoms with Crippen molar-refractivity contribution >= 4 is 9.84 Å². The molecule has 1 unspecified atom stereocenters. The first kappa shape index (κ1) is 11.5. The average Bonchev–Trinajstić information content (AvgIpc) is 2.75. The van der Waals surface area contributed by atoms with E-state index in [1.807, 2.05) is 0 Å². The number of hydrogen-bond acceptors (Lipinski definition) is 6. The number of hydrogen-bond donors (Lipinski definition) is 1. The molecule has 2 rings (SSSR count). The van der Waals surface area contributed by atoms with Crippen LogP contribution in [-0.2, 0) is 22.7 Å². The highest BCUT2D eigenvalue weighted by Crippen LogP contribution is 2.21. The van der Waals surface area contributed by atoms with Gasteiger partial charge in [-0.15, -0.1) is 0 Å². The predicted molar refractivity (Wildman–Crippen MR) is 57.5 cm³/mol. The van der Waals surface area contributed by atoms with Crippen molar-refractivity contribution in [2.24, 2.45) is 11.7 Å². The van der Waals surface area contributed by atoms with E-state index in [4.69, 9.17) is 10.3 Å². The molecule has 1 atom stereocenters. The molecule has 90 valence electrons. The van der Waals surface area contributed by atoms with E-state index >= 15 is 0 Å². The van der Waals surface area contributed by atoms with Gasteiger partial charge in [-0.1, -0.05) is 5.16 Å². The van der Waals surface area contributed by atoms with Crippen LogP contribution in [0.1, 0.15) is 18.1 Å². The number of nitrogens with two attached hydrogens (primary N) is 1. The van der Waals surface area contributed by atoms with Crippen LogP contribution in [-0.4, -0.2) is 36.6 Å². The first-order chi connectivity index (χ1) is 7.59. The monoisotopic (exact) mass is 245 g/mol. The predicted octanol–water partition coefficient (Wildman–Crippen LogP) is -0.452. The molecule has 0 aromatic carbocycles. The van der Waals surface area contributed by atoms with Crippen molar-refractivity contribution in [3.05, 3.63) is 11.7 Å². The first-order valence-corrected chi connectivity index (χ1v) is 7.13. The van der Waals surface area contributed by atoms with E-state index in [-0.39, 0.29) is 17.4 Å². The van der Waals surface area contributed by atoms with Gasteiger partial charge in [-0.25, -0.2) is 8.42 Å². The molecule has 1 aliphatic rings. The maximum absolute atomic E-state index is 11.3. The zero-order chi connectivity index (χ0) is 11.6. The minimum Gasteiger partial charge on any atom is -0.339 e. The summed E-state index contributed by atoms with van der Waals surface area (Å²) < 4.78 is 27.5. The van der Waals surface area contributed by atoms with Crippen LogP contribution >= 0.6 is 0 Å². The van der Waals surface area contributed by atoms with E-state index in [0.717, 1.165) is 0 Å². The molecule has 0 bridgehead atoms.